The number of benzene rings is 1. The van der Waals surface area contributed by atoms with E-state index in [0.29, 0.717) is 12.4 Å². The third-order valence-corrected chi connectivity index (χ3v) is 3.19. The van der Waals surface area contributed by atoms with Crippen LogP contribution in [0.5, 0.6) is 0 Å². The first kappa shape index (κ1) is 14.8. The van der Waals surface area contributed by atoms with Crippen LogP contribution in [0, 0.1) is 11.3 Å². The van der Waals surface area contributed by atoms with Crippen LogP contribution in [0.15, 0.2) is 18.2 Å². The maximum absolute atomic E-state index is 12.9. The van der Waals surface area contributed by atoms with Crippen molar-refractivity contribution >= 4 is 18.0 Å². The van der Waals surface area contributed by atoms with Crippen molar-refractivity contribution < 1.29 is 22.8 Å². The Labute approximate surface area is 118 Å². The standard InChI is InChI=1S/C13H10F3N3O2/c1-18-6-10(7-20)19(12(18)21)9-3-2-8(5-17)11(4-9)13(14,15)16/h2-4,7,10H,6H2,1H3/t10-/m1/s1. The number of amides is 2. The molecule has 0 radical (unpaired) electrons. The van der Waals surface area contributed by atoms with Crippen molar-refractivity contribution in [3.05, 3.63) is 29.3 Å². The number of likely N-dealkylation sites (N-methyl/N-ethyl adjacent to an activating group) is 1. The summed E-state index contributed by atoms with van der Waals surface area (Å²) in [5, 5.41) is 8.74. The molecule has 0 N–H and O–H groups in total. The first-order valence-corrected chi connectivity index (χ1v) is 5.90. The molecule has 0 spiro atoms. The predicted molar refractivity (Wildman–Crippen MR) is 66.5 cm³/mol. The van der Waals surface area contributed by atoms with Crippen molar-refractivity contribution in [1.29, 1.82) is 5.26 Å². The van der Waals surface area contributed by atoms with Gasteiger partial charge in [0.25, 0.3) is 0 Å². The summed E-state index contributed by atoms with van der Waals surface area (Å²) < 4.78 is 38.8. The maximum Gasteiger partial charge on any atom is 0.417 e. The Morgan fingerprint density at radius 1 is 1.43 bits per heavy atom. The lowest BCUT2D eigenvalue weighted by Crippen LogP contribution is -2.35. The lowest BCUT2D eigenvalue weighted by Gasteiger charge is -2.21. The number of rotatable bonds is 2. The normalized spacial score (nSPS) is 18.8. The Morgan fingerprint density at radius 2 is 2.10 bits per heavy atom. The van der Waals surface area contributed by atoms with Crippen molar-refractivity contribution in [2.45, 2.75) is 12.2 Å². The highest BCUT2D eigenvalue weighted by molar-refractivity contribution is 5.99. The van der Waals surface area contributed by atoms with Crippen LogP contribution in [0.25, 0.3) is 0 Å². The van der Waals surface area contributed by atoms with E-state index in [4.69, 9.17) is 5.26 Å². The van der Waals surface area contributed by atoms with E-state index >= 15 is 0 Å². The topological polar surface area (TPSA) is 64.4 Å². The van der Waals surface area contributed by atoms with Gasteiger partial charge >= 0.3 is 12.2 Å². The third-order valence-electron chi connectivity index (χ3n) is 3.19. The number of nitrogens with zero attached hydrogens (tertiary/aromatic N) is 3. The molecule has 5 nitrogen and oxygen atoms in total. The van der Waals surface area contributed by atoms with E-state index in [2.05, 4.69) is 0 Å². The van der Waals surface area contributed by atoms with Gasteiger partial charge in [-0.05, 0) is 18.2 Å². The SMILES string of the molecule is CN1C[C@H](C=O)N(c2ccc(C#N)c(C(F)(F)F)c2)C1=O. The van der Waals surface area contributed by atoms with Crippen molar-refractivity contribution in [2.75, 3.05) is 18.5 Å². The fourth-order valence-electron chi connectivity index (χ4n) is 2.19. The Hall–Kier alpha value is -2.56. The number of halogens is 3. The highest BCUT2D eigenvalue weighted by Crippen LogP contribution is 2.35. The van der Waals surface area contributed by atoms with Gasteiger partial charge in [-0.25, -0.2) is 4.79 Å². The number of nitriles is 1. The number of anilines is 1. The molecular weight excluding hydrogens is 287 g/mol. The van der Waals surface area contributed by atoms with Crippen LogP contribution in [-0.2, 0) is 11.0 Å². The van der Waals surface area contributed by atoms with Gasteiger partial charge in [-0.15, -0.1) is 0 Å². The molecule has 0 unspecified atom stereocenters. The molecule has 21 heavy (non-hydrogen) atoms. The molecule has 1 heterocycles. The fourth-order valence-corrected chi connectivity index (χ4v) is 2.19. The highest BCUT2D eigenvalue weighted by Gasteiger charge is 2.39. The molecule has 1 aliphatic heterocycles. The van der Waals surface area contributed by atoms with Gasteiger partial charge in [0.05, 0.1) is 17.2 Å². The summed E-state index contributed by atoms with van der Waals surface area (Å²) in [6, 6.07) is 2.98. The van der Waals surface area contributed by atoms with E-state index < -0.39 is 29.4 Å². The second-order valence-electron chi connectivity index (χ2n) is 4.58. The Morgan fingerprint density at radius 3 is 2.62 bits per heavy atom. The van der Waals surface area contributed by atoms with E-state index in [-0.39, 0.29) is 12.2 Å². The highest BCUT2D eigenvalue weighted by atomic mass is 19.4. The maximum atomic E-state index is 12.9. The summed E-state index contributed by atoms with van der Waals surface area (Å²) in [7, 11) is 1.45. The van der Waals surface area contributed by atoms with Crippen LogP contribution in [-0.4, -0.2) is 36.9 Å². The molecule has 2 rings (SSSR count). The first-order chi connectivity index (χ1) is 9.79. The molecule has 1 saturated heterocycles. The molecule has 0 aromatic heterocycles. The van der Waals surface area contributed by atoms with Gasteiger partial charge in [0.15, 0.2) is 0 Å². The van der Waals surface area contributed by atoms with Crippen molar-refractivity contribution in [1.82, 2.24) is 4.90 Å². The van der Waals surface area contributed by atoms with Crippen LogP contribution in [0.4, 0.5) is 23.7 Å². The number of urea groups is 1. The van der Waals surface area contributed by atoms with E-state index in [9.17, 15) is 22.8 Å². The molecule has 8 heteroatoms. The van der Waals surface area contributed by atoms with Gasteiger partial charge in [0, 0.05) is 19.3 Å². The molecule has 1 aliphatic rings. The second-order valence-corrected chi connectivity index (χ2v) is 4.58. The summed E-state index contributed by atoms with van der Waals surface area (Å²) in [5.74, 6) is 0. The first-order valence-electron chi connectivity index (χ1n) is 5.90. The van der Waals surface area contributed by atoms with Crippen LogP contribution in [0.2, 0.25) is 0 Å². The van der Waals surface area contributed by atoms with Crippen LogP contribution < -0.4 is 4.90 Å². The predicted octanol–water partition coefficient (Wildman–Crippen LogP) is 2.02. The molecule has 0 aliphatic carbocycles. The van der Waals surface area contributed by atoms with Crippen LogP contribution in [0.3, 0.4) is 0 Å². The molecule has 0 bridgehead atoms. The minimum Gasteiger partial charge on any atom is -0.325 e. The number of alkyl halides is 3. The Balaban J connectivity index is 2.53. The molecular formula is C13H10F3N3O2. The van der Waals surface area contributed by atoms with Crippen LogP contribution in [0.1, 0.15) is 11.1 Å². The number of carbonyl (C=O) groups excluding carboxylic acids is 2. The number of hydrogen-bond acceptors (Lipinski definition) is 3. The number of carbonyl (C=O) groups is 2. The quantitative estimate of drug-likeness (QED) is 0.784. The molecule has 1 atom stereocenters. The summed E-state index contributed by atoms with van der Waals surface area (Å²) >= 11 is 0. The van der Waals surface area contributed by atoms with Gasteiger partial charge < -0.3 is 9.69 Å². The zero-order valence-corrected chi connectivity index (χ0v) is 10.9. The minimum absolute atomic E-state index is 0.0622. The Bertz CT molecular complexity index is 637. The number of hydrogen-bond donors (Lipinski definition) is 0. The van der Waals surface area contributed by atoms with Crippen molar-refractivity contribution in [2.24, 2.45) is 0 Å². The van der Waals surface area contributed by atoms with E-state index in [1.54, 1.807) is 0 Å². The largest absolute Gasteiger partial charge is 0.417 e. The average molecular weight is 297 g/mol. The summed E-state index contributed by atoms with van der Waals surface area (Å²) in [4.78, 5) is 25.2. The van der Waals surface area contributed by atoms with Gasteiger partial charge in [0.2, 0.25) is 0 Å². The average Bonchev–Trinajstić information content (AvgIpc) is 2.72. The van der Waals surface area contributed by atoms with E-state index in [0.717, 1.165) is 11.0 Å². The van der Waals surface area contributed by atoms with E-state index in [1.807, 2.05) is 0 Å². The molecule has 2 amide bonds. The summed E-state index contributed by atoms with van der Waals surface area (Å²) in [6.45, 7) is 0.101. The lowest BCUT2D eigenvalue weighted by atomic mass is 10.1. The monoisotopic (exact) mass is 297 g/mol. The van der Waals surface area contributed by atoms with Crippen molar-refractivity contribution in [3.63, 3.8) is 0 Å². The minimum atomic E-state index is -4.72. The van der Waals surface area contributed by atoms with Crippen molar-refractivity contribution in [3.8, 4) is 6.07 Å². The van der Waals surface area contributed by atoms with Gasteiger partial charge in [0.1, 0.15) is 12.3 Å². The molecule has 1 fully saturated rings. The lowest BCUT2D eigenvalue weighted by molar-refractivity contribution is -0.137. The van der Waals surface area contributed by atoms with Gasteiger partial charge in [-0.2, -0.15) is 18.4 Å². The zero-order valence-electron chi connectivity index (χ0n) is 10.9. The molecule has 110 valence electrons. The van der Waals surface area contributed by atoms with Crippen LogP contribution >= 0.6 is 0 Å². The zero-order chi connectivity index (χ0) is 15.8. The smallest absolute Gasteiger partial charge is 0.325 e. The molecule has 1 aromatic rings. The second kappa shape index (κ2) is 5.09. The Kier molecular flexibility index (Phi) is 3.60. The van der Waals surface area contributed by atoms with E-state index in [1.165, 1.54) is 24.1 Å². The van der Waals surface area contributed by atoms with Gasteiger partial charge in [-0.1, -0.05) is 0 Å². The summed E-state index contributed by atoms with van der Waals surface area (Å²) in [6.07, 6.45) is -4.21. The number of aldehydes is 1. The molecule has 1 aromatic carbocycles. The molecule has 0 saturated carbocycles. The third kappa shape index (κ3) is 2.54. The fraction of sp³-hybridized carbons (Fsp3) is 0.308. The summed E-state index contributed by atoms with van der Waals surface area (Å²) in [5.41, 5.74) is -1.73. The van der Waals surface area contributed by atoms with Gasteiger partial charge in [-0.3, -0.25) is 4.90 Å².